The normalized spacial score (nSPS) is 7.75. The van der Waals surface area contributed by atoms with Crippen molar-refractivity contribution in [1.82, 2.24) is 0 Å². The van der Waals surface area contributed by atoms with Gasteiger partial charge in [0, 0.05) is 5.56 Å². The summed E-state index contributed by atoms with van der Waals surface area (Å²) in [5.74, 6) is 2.64. The van der Waals surface area contributed by atoms with Crippen molar-refractivity contribution >= 4 is 0 Å². The van der Waals surface area contributed by atoms with Gasteiger partial charge in [-0.05, 0) is 31.0 Å². The van der Waals surface area contributed by atoms with E-state index in [4.69, 9.17) is 6.42 Å². The Morgan fingerprint density at radius 3 is 2.25 bits per heavy atom. The highest BCUT2D eigenvalue weighted by Gasteiger charge is 1.92. The Bertz CT molecular complexity index is 289. The summed E-state index contributed by atoms with van der Waals surface area (Å²) in [5, 5.41) is 0. The Morgan fingerprint density at radius 1 is 1.25 bits per heavy atom. The Morgan fingerprint density at radius 2 is 1.83 bits per heavy atom. The number of benzene rings is 1. The molecule has 0 bridgehead atoms. The van der Waals surface area contributed by atoms with E-state index < -0.39 is 0 Å². The van der Waals surface area contributed by atoms with Crippen LogP contribution < -0.4 is 0 Å². The Kier molecular flexibility index (Phi) is 4.57. The third kappa shape index (κ3) is 2.64. The Hall–Kier alpha value is -1.48. The molecule has 0 amide bonds. The van der Waals surface area contributed by atoms with Gasteiger partial charge in [-0.25, -0.2) is 0 Å². The van der Waals surface area contributed by atoms with Crippen LogP contribution in [-0.2, 0) is 0 Å². The summed E-state index contributed by atoms with van der Waals surface area (Å²) in [5.41, 5.74) is 3.40. The molecule has 0 radical (unpaired) electrons. The van der Waals surface area contributed by atoms with Crippen molar-refractivity contribution in [2.75, 3.05) is 0 Å². The van der Waals surface area contributed by atoms with E-state index >= 15 is 0 Å². The van der Waals surface area contributed by atoms with Gasteiger partial charge in [0.25, 0.3) is 0 Å². The number of hydrogen-bond acceptors (Lipinski definition) is 0. The van der Waals surface area contributed by atoms with Crippen LogP contribution in [0.15, 0.2) is 31.4 Å². The van der Waals surface area contributed by atoms with Gasteiger partial charge in [-0.1, -0.05) is 18.1 Å². The fourth-order valence-corrected chi connectivity index (χ4v) is 0.891. The third-order valence-corrected chi connectivity index (χ3v) is 1.55. The summed E-state index contributed by atoms with van der Waals surface area (Å²) in [4.78, 5) is 0. The van der Waals surface area contributed by atoms with Crippen molar-refractivity contribution in [3.63, 3.8) is 0 Å². The molecule has 0 atom stereocenters. The number of terminal acetylenes is 1. The van der Waals surface area contributed by atoms with Gasteiger partial charge in [0.05, 0.1) is 0 Å². The van der Waals surface area contributed by atoms with Gasteiger partial charge < -0.3 is 0 Å². The summed E-state index contributed by atoms with van der Waals surface area (Å²) >= 11 is 0. The van der Waals surface area contributed by atoms with Crippen molar-refractivity contribution in [2.45, 2.75) is 13.8 Å². The molecule has 1 aromatic rings. The summed E-state index contributed by atoms with van der Waals surface area (Å²) in [7, 11) is 0. The monoisotopic (exact) mass is 158 g/mol. The van der Waals surface area contributed by atoms with Crippen molar-refractivity contribution < 1.29 is 0 Å². The molecule has 0 aliphatic heterocycles. The minimum atomic E-state index is 1.00. The van der Waals surface area contributed by atoms with E-state index in [0.717, 1.165) is 5.56 Å². The standard InChI is InChI=1S/C10H10.C2H4/c1-4-10-7-8(2)5-6-9(10)3;1-2/h1,5-7H,2-3H3;1-2H2. The van der Waals surface area contributed by atoms with Crippen LogP contribution in [0.3, 0.4) is 0 Å². The molecule has 12 heavy (non-hydrogen) atoms. The summed E-state index contributed by atoms with van der Waals surface area (Å²) in [6.45, 7) is 10.1. The van der Waals surface area contributed by atoms with Gasteiger partial charge in [0.2, 0.25) is 0 Å². The molecule has 0 unspecified atom stereocenters. The SMILES string of the molecule is C#Cc1cc(C)ccc1C.C=C. The third-order valence-electron chi connectivity index (χ3n) is 1.55. The van der Waals surface area contributed by atoms with Crippen LogP contribution >= 0.6 is 0 Å². The van der Waals surface area contributed by atoms with E-state index in [1.54, 1.807) is 0 Å². The first-order chi connectivity index (χ1) is 5.74. The summed E-state index contributed by atoms with van der Waals surface area (Å²) in [6.07, 6.45) is 5.27. The van der Waals surface area contributed by atoms with Crippen molar-refractivity contribution in [3.8, 4) is 12.3 Å². The van der Waals surface area contributed by atoms with Gasteiger partial charge in [-0.15, -0.1) is 19.6 Å². The fraction of sp³-hybridized carbons (Fsp3) is 0.167. The molecule has 0 aliphatic rings. The molecule has 0 saturated carbocycles. The van der Waals surface area contributed by atoms with Crippen LogP contribution in [0, 0.1) is 26.2 Å². The molecule has 0 saturated heterocycles. The molecular formula is C12H14. The Labute approximate surface area is 74.9 Å². The Balaban J connectivity index is 0.000000561. The predicted molar refractivity (Wildman–Crippen MR) is 55.1 cm³/mol. The van der Waals surface area contributed by atoms with Crippen molar-refractivity contribution in [1.29, 1.82) is 0 Å². The molecule has 0 heteroatoms. The zero-order chi connectivity index (χ0) is 9.56. The lowest BCUT2D eigenvalue weighted by atomic mass is 10.1. The highest BCUT2D eigenvalue weighted by atomic mass is 14.0. The maximum Gasteiger partial charge on any atom is 0.0274 e. The average Bonchev–Trinajstić information content (AvgIpc) is 2.13. The first kappa shape index (κ1) is 10.5. The van der Waals surface area contributed by atoms with Crippen LogP contribution in [0.2, 0.25) is 0 Å². The molecule has 0 N–H and O–H groups in total. The number of rotatable bonds is 0. The van der Waals surface area contributed by atoms with E-state index in [0.29, 0.717) is 0 Å². The number of hydrogen-bond donors (Lipinski definition) is 0. The second-order valence-corrected chi connectivity index (χ2v) is 2.46. The molecule has 62 valence electrons. The second-order valence-electron chi connectivity index (χ2n) is 2.46. The van der Waals surface area contributed by atoms with Crippen LogP contribution in [0.1, 0.15) is 16.7 Å². The highest BCUT2D eigenvalue weighted by Crippen LogP contribution is 2.08. The van der Waals surface area contributed by atoms with Gasteiger partial charge in [-0.3, -0.25) is 0 Å². The lowest BCUT2D eigenvalue weighted by Gasteiger charge is -1.97. The largest absolute Gasteiger partial charge is 0.115 e. The minimum absolute atomic E-state index is 1.00. The molecule has 0 aromatic heterocycles. The maximum absolute atomic E-state index is 5.27. The van der Waals surface area contributed by atoms with Gasteiger partial charge >= 0.3 is 0 Å². The minimum Gasteiger partial charge on any atom is -0.115 e. The smallest absolute Gasteiger partial charge is 0.0274 e. The summed E-state index contributed by atoms with van der Waals surface area (Å²) < 4.78 is 0. The summed E-state index contributed by atoms with van der Waals surface area (Å²) in [6, 6.07) is 6.13. The lowest BCUT2D eigenvalue weighted by molar-refractivity contribution is 1.37. The van der Waals surface area contributed by atoms with Crippen molar-refractivity contribution in [2.24, 2.45) is 0 Å². The molecular weight excluding hydrogens is 144 g/mol. The van der Waals surface area contributed by atoms with E-state index in [1.807, 2.05) is 26.0 Å². The van der Waals surface area contributed by atoms with E-state index in [9.17, 15) is 0 Å². The lowest BCUT2D eigenvalue weighted by Crippen LogP contribution is -1.81. The molecule has 1 aromatic carbocycles. The number of aryl methyl sites for hydroxylation is 2. The zero-order valence-electron chi connectivity index (χ0n) is 7.72. The molecule has 1 rings (SSSR count). The van der Waals surface area contributed by atoms with E-state index in [1.165, 1.54) is 11.1 Å². The average molecular weight is 158 g/mol. The highest BCUT2D eigenvalue weighted by molar-refractivity contribution is 5.41. The van der Waals surface area contributed by atoms with Crippen LogP contribution in [0.4, 0.5) is 0 Å². The van der Waals surface area contributed by atoms with E-state index in [2.05, 4.69) is 25.1 Å². The first-order valence-corrected chi connectivity index (χ1v) is 3.78. The fourth-order valence-electron chi connectivity index (χ4n) is 0.891. The van der Waals surface area contributed by atoms with E-state index in [-0.39, 0.29) is 0 Å². The maximum atomic E-state index is 5.27. The molecule has 0 heterocycles. The molecule has 0 nitrogen and oxygen atoms in total. The molecule has 0 fully saturated rings. The molecule has 0 aliphatic carbocycles. The van der Waals surface area contributed by atoms with Gasteiger partial charge in [0.1, 0.15) is 0 Å². The van der Waals surface area contributed by atoms with Crippen LogP contribution in [0.25, 0.3) is 0 Å². The van der Waals surface area contributed by atoms with Crippen LogP contribution in [-0.4, -0.2) is 0 Å². The quantitative estimate of drug-likeness (QED) is 0.402. The predicted octanol–water partition coefficient (Wildman–Crippen LogP) is 3.09. The van der Waals surface area contributed by atoms with Crippen molar-refractivity contribution in [3.05, 3.63) is 48.0 Å². The first-order valence-electron chi connectivity index (χ1n) is 3.78. The zero-order valence-corrected chi connectivity index (χ0v) is 7.72. The topological polar surface area (TPSA) is 0 Å². The van der Waals surface area contributed by atoms with Gasteiger partial charge in [-0.2, -0.15) is 0 Å². The van der Waals surface area contributed by atoms with Crippen LogP contribution in [0.5, 0.6) is 0 Å². The van der Waals surface area contributed by atoms with Gasteiger partial charge in [0.15, 0.2) is 0 Å². The molecule has 0 spiro atoms. The second kappa shape index (κ2) is 5.21.